The van der Waals surface area contributed by atoms with E-state index in [2.05, 4.69) is 20.4 Å². The van der Waals surface area contributed by atoms with Gasteiger partial charge in [0.2, 0.25) is 0 Å². The van der Waals surface area contributed by atoms with Crippen molar-refractivity contribution in [3.63, 3.8) is 0 Å². The van der Waals surface area contributed by atoms with Crippen LogP contribution >= 0.6 is 0 Å². The van der Waals surface area contributed by atoms with Crippen molar-refractivity contribution in [1.29, 1.82) is 0 Å². The van der Waals surface area contributed by atoms with Crippen LogP contribution in [0.4, 0.5) is 27.8 Å². The van der Waals surface area contributed by atoms with Gasteiger partial charge in [0.05, 0.1) is 5.69 Å². The molecule has 1 unspecified atom stereocenters. The number of anilines is 1. The van der Waals surface area contributed by atoms with Gasteiger partial charge < -0.3 is 10.1 Å². The predicted molar refractivity (Wildman–Crippen MR) is 121 cm³/mol. The molecule has 190 valence electrons. The SMILES string of the molecule is Cc1ccc(F)cc1-c1cc(C(F)(F)F)c(NC2C[C@@H]3CN(CC4(F)CCOCC4)C[C@@H]3C2)nn1. The van der Waals surface area contributed by atoms with Crippen LogP contribution in [0.1, 0.15) is 36.8 Å². The monoisotopic (exact) mass is 496 g/mol. The van der Waals surface area contributed by atoms with E-state index in [9.17, 15) is 17.6 Å². The van der Waals surface area contributed by atoms with Crippen LogP contribution in [0.3, 0.4) is 0 Å². The summed E-state index contributed by atoms with van der Waals surface area (Å²) in [4.78, 5) is 2.16. The molecule has 35 heavy (non-hydrogen) atoms. The third-order valence-corrected chi connectivity index (χ3v) is 7.64. The number of nitrogens with zero attached hydrogens (tertiary/aromatic N) is 3. The zero-order chi connectivity index (χ0) is 24.8. The fourth-order valence-electron chi connectivity index (χ4n) is 5.85. The molecule has 1 saturated carbocycles. The average molecular weight is 497 g/mol. The van der Waals surface area contributed by atoms with E-state index in [4.69, 9.17) is 4.74 Å². The molecule has 1 aliphatic carbocycles. The maximum Gasteiger partial charge on any atom is 0.420 e. The number of ether oxygens (including phenoxy) is 1. The Hall–Kier alpha value is -2.33. The Morgan fingerprint density at radius 2 is 1.77 bits per heavy atom. The van der Waals surface area contributed by atoms with Gasteiger partial charge in [0.25, 0.3) is 0 Å². The average Bonchev–Trinajstić information content (AvgIpc) is 3.33. The summed E-state index contributed by atoms with van der Waals surface area (Å²) < 4.78 is 75.7. The smallest absolute Gasteiger partial charge is 0.381 e. The molecule has 3 heterocycles. The van der Waals surface area contributed by atoms with Crippen LogP contribution in [0.25, 0.3) is 11.3 Å². The van der Waals surface area contributed by atoms with Crippen molar-refractivity contribution < 1.29 is 26.7 Å². The van der Waals surface area contributed by atoms with Gasteiger partial charge in [-0.1, -0.05) is 6.07 Å². The van der Waals surface area contributed by atoms with Crippen LogP contribution in [0, 0.1) is 24.6 Å². The minimum absolute atomic E-state index is 0.0212. The number of hydrogen-bond acceptors (Lipinski definition) is 5. The highest BCUT2D eigenvalue weighted by Gasteiger charge is 2.45. The molecule has 3 fully saturated rings. The summed E-state index contributed by atoms with van der Waals surface area (Å²) in [6.45, 7) is 4.48. The number of aryl methyl sites for hydroxylation is 1. The summed E-state index contributed by atoms with van der Waals surface area (Å²) in [6, 6.07) is 4.69. The van der Waals surface area contributed by atoms with Gasteiger partial charge >= 0.3 is 6.18 Å². The number of nitrogens with one attached hydrogen (secondary N) is 1. The van der Waals surface area contributed by atoms with E-state index in [1.807, 2.05) is 0 Å². The number of aromatic nitrogens is 2. The summed E-state index contributed by atoms with van der Waals surface area (Å²) >= 11 is 0. The molecule has 0 radical (unpaired) electrons. The van der Waals surface area contributed by atoms with Gasteiger partial charge in [0.1, 0.15) is 17.0 Å². The molecular formula is C25H29F5N4O. The largest absolute Gasteiger partial charge is 0.420 e. The van der Waals surface area contributed by atoms with E-state index in [0.717, 1.165) is 19.2 Å². The van der Waals surface area contributed by atoms with Crippen LogP contribution < -0.4 is 5.32 Å². The van der Waals surface area contributed by atoms with Gasteiger partial charge in [-0.2, -0.15) is 13.2 Å². The molecule has 1 aromatic heterocycles. The molecule has 0 bridgehead atoms. The van der Waals surface area contributed by atoms with Crippen LogP contribution in [0.15, 0.2) is 24.3 Å². The molecule has 5 nitrogen and oxygen atoms in total. The summed E-state index contributed by atoms with van der Waals surface area (Å²) in [5.74, 6) is -0.229. The summed E-state index contributed by atoms with van der Waals surface area (Å²) in [6.07, 6.45) is -2.42. The number of halogens is 5. The van der Waals surface area contributed by atoms with Crippen LogP contribution in [-0.2, 0) is 10.9 Å². The number of rotatable bonds is 5. The minimum Gasteiger partial charge on any atom is -0.381 e. The summed E-state index contributed by atoms with van der Waals surface area (Å²) in [7, 11) is 0. The lowest BCUT2D eigenvalue weighted by Crippen LogP contribution is -2.43. The maximum atomic E-state index is 15.0. The minimum atomic E-state index is -4.64. The second kappa shape index (κ2) is 9.28. The lowest BCUT2D eigenvalue weighted by Gasteiger charge is -2.33. The van der Waals surface area contributed by atoms with Crippen LogP contribution in [0.2, 0.25) is 0 Å². The molecular weight excluding hydrogens is 467 g/mol. The normalized spacial score (nSPS) is 26.6. The van der Waals surface area contributed by atoms with Gasteiger partial charge in [0.15, 0.2) is 5.82 Å². The first-order valence-corrected chi connectivity index (χ1v) is 12.1. The topological polar surface area (TPSA) is 50.3 Å². The molecule has 1 aromatic carbocycles. The number of likely N-dealkylation sites (tertiary alicyclic amines) is 1. The van der Waals surface area contributed by atoms with Gasteiger partial charge in [-0.05, 0) is 55.4 Å². The van der Waals surface area contributed by atoms with E-state index in [0.29, 0.717) is 62.8 Å². The standard InChI is InChI=1S/C25H29F5N4O/c1-15-2-3-18(26)10-20(15)22-11-21(25(28,29)30)23(33-32-22)31-19-8-16-12-34(13-17(16)9-19)14-24(27)4-6-35-7-5-24/h2-3,10-11,16-17,19H,4-9,12-14H2,1H3,(H,31,33)/t16-,17+,19?. The first-order chi connectivity index (χ1) is 16.6. The lowest BCUT2D eigenvalue weighted by molar-refractivity contribution is -0.137. The third-order valence-electron chi connectivity index (χ3n) is 7.64. The highest BCUT2D eigenvalue weighted by atomic mass is 19.4. The Morgan fingerprint density at radius 1 is 1.09 bits per heavy atom. The highest BCUT2D eigenvalue weighted by molar-refractivity contribution is 5.65. The molecule has 10 heteroatoms. The van der Waals surface area contributed by atoms with Crippen molar-refractivity contribution in [2.75, 3.05) is 38.2 Å². The van der Waals surface area contributed by atoms with Crippen molar-refractivity contribution in [3.05, 3.63) is 41.2 Å². The Bertz CT molecular complexity index is 1060. The molecule has 5 rings (SSSR count). The zero-order valence-corrected chi connectivity index (χ0v) is 19.5. The third kappa shape index (κ3) is 5.28. The predicted octanol–water partition coefficient (Wildman–Crippen LogP) is 5.25. The van der Waals surface area contributed by atoms with Crippen molar-refractivity contribution in [1.82, 2.24) is 15.1 Å². The molecule has 3 aliphatic rings. The summed E-state index contributed by atoms with van der Waals surface area (Å²) in [5.41, 5.74) is -1.26. The van der Waals surface area contributed by atoms with E-state index in [1.165, 1.54) is 18.2 Å². The maximum absolute atomic E-state index is 15.0. The van der Waals surface area contributed by atoms with Gasteiger partial charge in [-0.25, -0.2) is 8.78 Å². The number of alkyl halides is 4. The quantitative estimate of drug-likeness (QED) is 0.573. The summed E-state index contributed by atoms with van der Waals surface area (Å²) in [5, 5.41) is 10.8. The molecule has 2 saturated heterocycles. The van der Waals surface area contributed by atoms with Crippen LogP contribution in [-0.4, -0.2) is 59.7 Å². The molecule has 1 N–H and O–H groups in total. The number of hydrogen-bond donors (Lipinski definition) is 1. The fourth-order valence-corrected chi connectivity index (χ4v) is 5.85. The van der Waals surface area contributed by atoms with Crippen molar-refractivity contribution in [2.45, 2.75) is 50.5 Å². The lowest BCUT2D eigenvalue weighted by atomic mass is 9.96. The molecule has 2 aromatic rings. The van der Waals surface area contributed by atoms with Crippen molar-refractivity contribution >= 4 is 5.82 Å². The van der Waals surface area contributed by atoms with Crippen molar-refractivity contribution in [3.8, 4) is 11.3 Å². The molecule has 3 atom stereocenters. The Balaban J connectivity index is 1.27. The second-order valence-electron chi connectivity index (χ2n) is 10.2. The zero-order valence-electron chi connectivity index (χ0n) is 19.5. The van der Waals surface area contributed by atoms with Crippen molar-refractivity contribution in [2.24, 2.45) is 11.8 Å². The molecule has 0 amide bonds. The van der Waals surface area contributed by atoms with Gasteiger partial charge in [-0.15, -0.1) is 10.2 Å². The fraction of sp³-hybridized carbons (Fsp3) is 0.600. The molecule has 0 spiro atoms. The molecule has 2 aliphatic heterocycles. The van der Waals surface area contributed by atoms with E-state index in [-0.39, 0.29) is 23.1 Å². The van der Waals surface area contributed by atoms with Gasteiger partial charge in [0, 0.05) is 57.3 Å². The number of fused-ring (bicyclic) bond motifs is 1. The van der Waals surface area contributed by atoms with E-state index < -0.39 is 23.2 Å². The second-order valence-corrected chi connectivity index (χ2v) is 10.2. The Kier molecular flexibility index (Phi) is 6.46. The van der Waals surface area contributed by atoms with Crippen LogP contribution in [0.5, 0.6) is 0 Å². The van der Waals surface area contributed by atoms with Gasteiger partial charge in [-0.3, -0.25) is 4.90 Å². The van der Waals surface area contributed by atoms with E-state index >= 15 is 4.39 Å². The first-order valence-electron chi connectivity index (χ1n) is 12.1. The Morgan fingerprint density at radius 3 is 2.43 bits per heavy atom. The first kappa shape index (κ1) is 24.4. The highest BCUT2D eigenvalue weighted by Crippen LogP contribution is 2.42. The van der Waals surface area contributed by atoms with E-state index in [1.54, 1.807) is 6.92 Å². The number of benzene rings is 1. The Labute approximate surface area is 201 Å².